The molecule has 0 aliphatic carbocycles. The van der Waals surface area contributed by atoms with E-state index < -0.39 is 0 Å². The lowest BCUT2D eigenvalue weighted by Crippen LogP contribution is -1.97. The maximum Gasteiger partial charge on any atom is 0.0423 e. The highest BCUT2D eigenvalue weighted by Crippen LogP contribution is 2.38. The topological polar surface area (TPSA) is 52.0 Å². The van der Waals surface area contributed by atoms with Gasteiger partial charge in [0, 0.05) is 22.5 Å². The Morgan fingerprint density at radius 3 is 1.27 bits per heavy atom. The molecule has 0 spiro atoms. The van der Waals surface area contributed by atoms with Gasteiger partial charge in [0.1, 0.15) is 0 Å². The molecule has 3 rings (SSSR count). The molecule has 3 aromatic carbocycles. The van der Waals surface area contributed by atoms with Crippen LogP contribution in [0.2, 0.25) is 0 Å². The number of hydrogen-bond acceptors (Lipinski definition) is 2. The van der Waals surface area contributed by atoms with Gasteiger partial charge in [-0.2, -0.15) is 0 Å². The molecule has 0 radical (unpaired) electrons. The molecule has 2 heteroatoms. The summed E-state index contributed by atoms with van der Waals surface area (Å²) in [6, 6.07) is 20.5. The van der Waals surface area contributed by atoms with Crippen LogP contribution in [0.25, 0.3) is 22.3 Å². The van der Waals surface area contributed by atoms with Crippen LogP contribution in [0.5, 0.6) is 0 Å². The van der Waals surface area contributed by atoms with Gasteiger partial charge < -0.3 is 11.5 Å². The number of aryl methyl sites for hydroxylation is 2. The minimum atomic E-state index is 0.821. The van der Waals surface area contributed by atoms with E-state index in [0.717, 1.165) is 44.8 Å². The summed E-state index contributed by atoms with van der Waals surface area (Å²) in [6.45, 7) is 4.06. The molecule has 0 atom stereocenters. The van der Waals surface area contributed by atoms with Gasteiger partial charge in [-0.1, -0.05) is 60.7 Å². The van der Waals surface area contributed by atoms with E-state index in [1.807, 2.05) is 50.2 Å². The number of benzene rings is 3. The average Bonchev–Trinajstić information content (AvgIpc) is 2.53. The van der Waals surface area contributed by atoms with Crippen LogP contribution >= 0.6 is 0 Å². The second-order valence-corrected chi connectivity index (χ2v) is 5.62. The third kappa shape index (κ3) is 2.33. The van der Waals surface area contributed by atoms with E-state index in [-0.39, 0.29) is 0 Å². The monoisotopic (exact) mass is 288 g/mol. The van der Waals surface area contributed by atoms with Gasteiger partial charge in [0.15, 0.2) is 0 Å². The Kier molecular flexibility index (Phi) is 3.60. The largest absolute Gasteiger partial charge is 0.398 e. The lowest BCUT2D eigenvalue weighted by atomic mass is 9.91. The van der Waals surface area contributed by atoms with Gasteiger partial charge in [0.25, 0.3) is 0 Å². The van der Waals surface area contributed by atoms with Crippen molar-refractivity contribution in [1.82, 2.24) is 0 Å². The number of nitrogen functional groups attached to an aromatic ring is 2. The van der Waals surface area contributed by atoms with E-state index in [1.54, 1.807) is 0 Å². The van der Waals surface area contributed by atoms with Gasteiger partial charge in [-0.05, 0) is 36.1 Å². The van der Waals surface area contributed by atoms with Crippen molar-refractivity contribution < 1.29 is 0 Å². The van der Waals surface area contributed by atoms with Crippen molar-refractivity contribution in [3.8, 4) is 22.3 Å². The summed E-state index contributed by atoms with van der Waals surface area (Å²) in [7, 11) is 0. The first-order chi connectivity index (χ1) is 10.6. The first-order valence-corrected chi connectivity index (χ1v) is 7.39. The number of anilines is 2. The average molecular weight is 288 g/mol. The Hall–Kier alpha value is -2.74. The first kappa shape index (κ1) is 14.2. The molecule has 0 bridgehead atoms. The highest BCUT2D eigenvalue weighted by molar-refractivity contribution is 5.93. The fourth-order valence-corrected chi connectivity index (χ4v) is 2.78. The molecule has 0 aliphatic heterocycles. The molecular weight excluding hydrogens is 268 g/mol. The number of para-hydroxylation sites is 2. The Labute approximate surface area is 131 Å². The lowest BCUT2D eigenvalue weighted by molar-refractivity contribution is 1.45. The zero-order chi connectivity index (χ0) is 15.7. The van der Waals surface area contributed by atoms with E-state index >= 15 is 0 Å². The summed E-state index contributed by atoms with van der Waals surface area (Å²) in [5.74, 6) is 0. The van der Waals surface area contributed by atoms with Crippen molar-refractivity contribution >= 4 is 11.4 Å². The van der Waals surface area contributed by atoms with Gasteiger partial charge >= 0.3 is 0 Å². The zero-order valence-corrected chi connectivity index (χ0v) is 12.9. The number of nitrogens with two attached hydrogens (primary N) is 2. The van der Waals surface area contributed by atoms with Crippen LogP contribution in [-0.4, -0.2) is 0 Å². The Bertz CT molecular complexity index is 764. The van der Waals surface area contributed by atoms with Gasteiger partial charge in [-0.15, -0.1) is 0 Å². The molecule has 0 heterocycles. The Balaban J connectivity index is 2.28. The quantitative estimate of drug-likeness (QED) is 0.665. The maximum atomic E-state index is 6.30. The van der Waals surface area contributed by atoms with Crippen molar-refractivity contribution in [2.45, 2.75) is 13.8 Å². The van der Waals surface area contributed by atoms with E-state index in [4.69, 9.17) is 11.5 Å². The van der Waals surface area contributed by atoms with Crippen LogP contribution in [0.1, 0.15) is 11.1 Å². The van der Waals surface area contributed by atoms with Crippen LogP contribution in [-0.2, 0) is 0 Å². The number of rotatable bonds is 2. The summed E-state index contributed by atoms with van der Waals surface area (Å²) < 4.78 is 0. The molecule has 0 fully saturated rings. The van der Waals surface area contributed by atoms with Gasteiger partial charge in [-0.3, -0.25) is 0 Å². The molecule has 0 saturated heterocycles. The molecule has 2 nitrogen and oxygen atoms in total. The van der Waals surface area contributed by atoms with E-state index in [0.29, 0.717) is 0 Å². The van der Waals surface area contributed by atoms with Gasteiger partial charge in [0.05, 0.1) is 0 Å². The first-order valence-electron chi connectivity index (χ1n) is 7.39. The maximum absolute atomic E-state index is 6.30. The van der Waals surface area contributed by atoms with Crippen LogP contribution in [0.4, 0.5) is 11.4 Å². The molecule has 0 aromatic heterocycles. The summed E-state index contributed by atoms with van der Waals surface area (Å²) in [5.41, 5.74) is 20.7. The van der Waals surface area contributed by atoms with Crippen LogP contribution in [0, 0.1) is 13.8 Å². The standard InChI is InChI=1S/C20H20N2/c1-13-7-5-11-17(19(13)21)15-9-3-4-10-16(15)18-12-6-8-14(2)20(18)22/h3-12H,21-22H2,1-2H3. The molecule has 0 unspecified atom stereocenters. The Morgan fingerprint density at radius 1 is 0.500 bits per heavy atom. The fraction of sp³-hybridized carbons (Fsp3) is 0.100. The lowest BCUT2D eigenvalue weighted by Gasteiger charge is -2.15. The normalized spacial score (nSPS) is 10.6. The van der Waals surface area contributed by atoms with E-state index in [9.17, 15) is 0 Å². The van der Waals surface area contributed by atoms with Crippen molar-refractivity contribution in [3.63, 3.8) is 0 Å². The molecule has 110 valence electrons. The highest BCUT2D eigenvalue weighted by atomic mass is 14.6. The molecule has 0 saturated carbocycles. The summed E-state index contributed by atoms with van der Waals surface area (Å²) >= 11 is 0. The molecule has 3 aromatic rings. The Morgan fingerprint density at radius 2 is 0.864 bits per heavy atom. The number of hydrogen-bond donors (Lipinski definition) is 2. The van der Waals surface area contributed by atoms with Crippen molar-refractivity contribution in [1.29, 1.82) is 0 Å². The SMILES string of the molecule is Cc1cccc(-c2ccccc2-c2cccc(C)c2N)c1N. The van der Waals surface area contributed by atoms with Crippen LogP contribution in [0.15, 0.2) is 60.7 Å². The van der Waals surface area contributed by atoms with Crippen molar-refractivity contribution in [2.75, 3.05) is 11.5 Å². The summed E-state index contributed by atoms with van der Waals surface area (Å²) in [4.78, 5) is 0. The minimum absolute atomic E-state index is 0.821. The predicted octanol–water partition coefficient (Wildman–Crippen LogP) is 4.80. The highest BCUT2D eigenvalue weighted by Gasteiger charge is 2.13. The molecule has 0 amide bonds. The second-order valence-electron chi connectivity index (χ2n) is 5.62. The molecule has 0 aliphatic rings. The fourth-order valence-electron chi connectivity index (χ4n) is 2.78. The third-order valence-electron chi connectivity index (χ3n) is 4.16. The summed E-state index contributed by atoms with van der Waals surface area (Å²) in [6.07, 6.45) is 0. The third-order valence-corrected chi connectivity index (χ3v) is 4.16. The van der Waals surface area contributed by atoms with Gasteiger partial charge in [0.2, 0.25) is 0 Å². The van der Waals surface area contributed by atoms with Gasteiger partial charge in [-0.25, -0.2) is 0 Å². The predicted molar refractivity (Wildman–Crippen MR) is 95.6 cm³/mol. The summed E-state index contributed by atoms with van der Waals surface area (Å²) in [5, 5.41) is 0. The van der Waals surface area contributed by atoms with Crippen molar-refractivity contribution in [2.24, 2.45) is 0 Å². The van der Waals surface area contributed by atoms with E-state index in [2.05, 4.69) is 24.3 Å². The minimum Gasteiger partial charge on any atom is -0.398 e. The second kappa shape index (κ2) is 5.57. The van der Waals surface area contributed by atoms with Crippen molar-refractivity contribution in [3.05, 3.63) is 71.8 Å². The molecular formula is C20H20N2. The van der Waals surface area contributed by atoms with Crippen LogP contribution < -0.4 is 11.5 Å². The molecule has 22 heavy (non-hydrogen) atoms. The molecule has 4 N–H and O–H groups in total. The smallest absolute Gasteiger partial charge is 0.0423 e. The van der Waals surface area contributed by atoms with Crippen LogP contribution in [0.3, 0.4) is 0 Å². The zero-order valence-electron chi connectivity index (χ0n) is 12.9. The van der Waals surface area contributed by atoms with E-state index in [1.165, 1.54) is 0 Å².